The summed E-state index contributed by atoms with van der Waals surface area (Å²) in [5.74, 6) is 0.754. The van der Waals surface area contributed by atoms with Crippen LogP contribution in [0, 0.1) is 13.8 Å². The Bertz CT molecular complexity index is 838. The van der Waals surface area contributed by atoms with Gasteiger partial charge in [-0.2, -0.15) is 0 Å². The molecule has 0 aliphatic carbocycles. The first kappa shape index (κ1) is 15.1. The van der Waals surface area contributed by atoms with Crippen molar-refractivity contribution in [1.29, 1.82) is 0 Å². The highest BCUT2D eigenvalue weighted by Gasteiger charge is 2.05. The molecule has 0 unspecified atom stereocenters. The Morgan fingerprint density at radius 1 is 1.17 bits per heavy atom. The molecule has 5 nitrogen and oxygen atoms in total. The van der Waals surface area contributed by atoms with E-state index in [0.717, 1.165) is 28.1 Å². The number of aromatic nitrogens is 2. The van der Waals surface area contributed by atoms with E-state index in [-0.39, 0.29) is 5.91 Å². The number of nitrogens with one attached hydrogen (secondary N) is 3. The number of hydrogen-bond acceptors (Lipinski definition) is 3. The van der Waals surface area contributed by atoms with E-state index < -0.39 is 0 Å². The third-order valence-corrected chi connectivity index (χ3v) is 3.72. The summed E-state index contributed by atoms with van der Waals surface area (Å²) in [7, 11) is 0. The molecule has 0 saturated carbocycles. The van der Waals surface area contributed by atoms with E-state index in [0.29, 0.717) is 13.0 Å². The molecule has 0 saturated heterocycles. The number of fused-ring (bicyclic) bond motifs is 1. The molecule has 2 heterocycles. The molecule has 3 N–H and O–H groups in total. The average molecular weight is 308 g/mol. The zero-order chi connectivity index (χ0) is 16.2. The number of rotatable bonds is 5. The molecule has 0 aliphatic heterocycles. The second-order valence-electron chi connectivity index (χ2n) is 5.66. The number of aryl methyl sites for hydroxylation is 2. The zero-order valence-corrected chi connectivity index (χ0v) is 13.3. The summed E-state index contributed by atoms with van der Waals surface area (Å²) in [6.45, 7) is 4.57. The van der Waals surface area contributed by atoms with Crippen LogP contribution in [0.5, 0.6) is 0 Å². The lowest BCUT2D eigenvalue weighted by molar-refractivity contribution is -0.115. The first-order valence-electron chi connectivity index (χ1n) is 7.67. The molecule has 5 heteroatoms. The number of benzene rings is 1. The minimum Gasteiger partial charge on any atom is -0.369 e. The Morgan fingerprint density at radius 2 is 2.04 bits per heavy atom. The third kappa shape index (κ3) is 3.69. The number of aromatic amines is 1. The van der Waals surface area contributed by atoms with Crippen LogP contribution in [-0.2, 0) is 4.79 Å². The SMILES string of the molecule is Cc1ccc(NC(=O)CCNc2ccc3cc[nH]c3n2)c(C)c1. The van der Waals surface area contributed by atoms with Crippen LogP contribution in [-0.4, -0.2) is 22.4 Å². The highest BCUT2D eigenvalue weighted by molar-refractivity contribution is 5.91. The smallest absolute Gasteiger partial charge is 0.226 e. The van der Waals surface area contributed by atoms with Gasteiger partial charge in [-0.15, -0.1) is 0 Å². The molecule has 2 aromatic heterocycles. The molecule has 0 fully saturated rings. The van der Waals surface area contributed by atoms with Gasteiger partial charge in [-0.1, -0.05) is 17.7 Å². The first-order chi connectivity index (χ1) is 11.1. The van der Waals surface area contributed by atoms with E-state index in [1.54, 1.807) is 0 Å². The number of carbonyl (C=O) groups is 1. The van der Waals surface area contributed by atoms with Crippen LogP contribution in [0.1, 0.15) is 17.5 Å². The van der Waals surface area contributed by atoms with Crippen molar-refractivity contribution < 1.29 is 4.79 Å². The summed E-state index contributed by atoms with van der Waals surface area (Å²) >= 11 is 0. The molecular formula is C18H20N4O. The Hall–Kier alpha value is -2.82. The van der Waals surface area contributed by atoms with Crippen molar-refractivity contribution in [2.24, 2.45) is 0 Å². The molecule has 1 amide bonds. The van der Waals surface area contributed by atoms with Gasteiger partial charge < -0.3 is 15.6 Å². The van der Waals surface area contributed by atoms with Crippen LogP contribution >= 0.6 is 0 Å². The number of hydrogen-bond donors (Lipinski definition) is 3. The molecule has 23 heavy (non-hydrogen) atoms. The highest BCUT2D eigenvalue weighted by atomic mass is 16.1. The van der Waals surface area contributed by atoms with Gasteiger partial charge in [0.25, 0.3) is 0 Å². The summed E-state index contributed by atoms with van der Waals surface area (Å²) in [6, 6.07) is 11.9. The second-order valence-corrected chi connectivity index (χ2v) is 5.66. The molecule has 0 atom stereocenters. The number of pyridine rings is 1. The highest BCUT2D eigenvalue weighted by Crippen LogP contribution is 2.16. The zero-order valence-electron chi connectivity index (χ0n) is 13.3. The lowest BCUT2D eigenvalue weighted by atomic mass is 10.1. The van der Waals surface area contributed by atoms with Crippen LogP contribution in [0.4, 0.5) is 11.5 Å². The van der Waals surface area contributed by atoms with Crippen molar-refractivity contribution in [1.82, 2.24) is 9.97 Å². The maximum atomic E-state index is 12.0. The molecule has 0 bridgehead atoms. The van der Waals surface area contributed by atoms with Gasteiger partial charge in [0.15, 0.2) is 0 Å². The minimum absolute atomic E-state index is 0.00888. The lowest BCUT2D eigenvalue weighted by Crippen LogP contribution is -2.17. The summed E-state index contributed by atoms with van der Waals surface area (Å²) in [4.78, 5) is 19.5. The summed E-state index contributed by atoms with van der Waals surface area (Å²) in [5.41, 5.74) is 3.97. The predicted octanol–water partition coefficient (Wildman–Crippen LogP) is 3.62. The Labute approximate surface area is 135 Å². The summed E-state index contributed by atoms with van der Waals surface area (Å²) < 4.78 is 0. The van der Waals surface area contributed by atoms with Gasteiger partial charge >= 0.3 is 0 Å². The minimum atomic E-state index is -0.00888. The number of amides is 1. The largest absolute Gasteiger partial charge is 0.369 e. The van der Waals surface area contributed by atoms with Crippen molar-refractivity contribution in [2.75, 3.05) is 17.2 Å². The van der Waals surface area contributed by atoms with Crippen LogP contribution < -0.4 is 10.6 Å². The van der Waals surface area contributed by atoms with Crippen molar-refractivity contribution in [2.45, 2.75) is 20.3 Å². The topological polar surface area (TPSA) is 69.8 Å². The average Bonchev–Trinajstić information content (AvgIpc) is 2.98. The van der Waals surface area contributed by atoms with Gasteiger partial charge in [-0.25, -0.2) is 4.98 Å². The van der Waals surface area contributed by atoms with Crippen molar-refractivity contribution in [3.63, 3.8) is 0 Å². The van der Waals surface area contributed by atoms with Gasteiger partial charge in [0, 0.05) is 30.2 Å². The molecule has 0 aliphatic rings. The fourth-order valence-corrected chi connectivity index (χ4v) is 2.50. The number of H-pyrrole nitrogens is 1. The van der Waals surface area contributed by atoms with E-state index in [1.165, 1.54) is 5.56 Å². The molecule has 0 spiro atoms. The number of carbonyl (C=O) groups excluding carboxylic acids is 1. The van der Waals surface area contributed by atoms with E-state index in [1.807, 2.05) is 50.4 Å². The number of nitrogens with zero attached hydrogens (tertiary/aromatic N) is 1. The predicted molar refractivity (Wildman–Crippen MR) is 93.7 cm³/mol. The standard InChI is InChI=1S/C18H20N4O/c1-12-3-5-15(13(2)11-12)21-17(23)8-10-19-16-6-4-14-7-9-20-18(14)22-16/h3-7,9,11H,8,10H2,1-2H3,(H,21,23)(H2,19,20,22). The Kier molecular flexibility index (Phi) is 4.28. The second kappa shape index (κ2) is 6.52. The lowest BCUT2D eigenvalue weighted by Gasteiger charge is -2.10. The van der Waals surface area contributed by atoms with Gasteiger partial charge in [0.2, 0.25) is 5.91 Å². The van der Waals surface area contributed by atoms with Crippen molar-refractivity contribution in [3.8, 4) is 0 Å². The third-order valence-electron chi connectivity index (χ3n) is 3.72. The number of anilines is 2. The summed E-state index contributed by atoms with van der Waals surface area (Å²) in [6.07, 6.45) is 2.25. The Balaban J connectivity index is 1.52. The van der Waals surface area contributed by atoms with E-state index in [9.17, 15) is 4.79 Å². The van der Waals surface area contributed by atoms with Crippen molar-refractivity contribution in [3.05, 3.63) is 53.7 Å². The maximum Gasteiger partial charge on any atom is 0.226 e. The first-order valence-corrected chi connectivity index (χ1v) is 7.67. The Morgan fingerprint density at radius 3 is 2.87 bits per heavy atom. The van der Waals surface area contributed by atoms with Gasteiger partial charge in [-0.3, -0.25) is 4.79 Å². The van der Waals surface area contributed by atoms with E-state index >= 15 is 0 Å². The van der Waals surface area contributed by atoms with E-state index in [2.05, 4.69) is 26.7 Å². The van der Waals surface area contributed by atoms with Gasteiger partial charge in [-0.05, 0) is 43.7 Å². The van der Waals surface area contributed by atoms with Crippen molar-refractivity contribution >= 4 is 28.4 Å². The fourth-order valence-electron chi connectivity index (χ4n) is 2.50. The normalized spacial score (nSPS) is 10.7. The van der Waals surface area contributed by atoms with Gasteiger partial charge in [0.05, 0.1) is 0 Å². The van der Waals surface area contributed by atoms with Crippen LogP contribution in [0.2, 0.25) is 0 Å². The van der Waals surface area contributed by atoms with Crippen LogP contribution in [0.15, 0.2) is 42.6 Å². The molecule has 1 aromatic carbocycles. The quantitative estimate of drug-likeness (QED) is 0.674. The van der Waals surface area contributed by atoms with Gasteiger partial charge in [0.1, 0.15) is 11.5 Å². The van der Waals surface area contributed by atoms with E-state index in [4.69, 9.17) is 0 Å². The maximum absolute atomic E-state index is 12.0. The molecule has 118 valence electrons. The fraction of sp³-hybridized carbons (Fsp3) is 0.222. The van der Waals surface area contributed by atoms with Crippen LogP contribution in [0.25, 0.3) is 11.0 Å². The van der Waals surface area contributed by atoms with Crippen LogP contribution in [0.3, 0.4) is 0 Å². The molecule has 0 radical (unpaired) electrons. The molecule has 3 aromatic rings. The molecule has 3 rings (SSSR count). The summed E-state index contributed by atoms with van der Waals surface area (Å²) in [5, 5.41) is 7.19. The monoisotopic (exact) mass is 308 g/mol. The molecular weight excluding hydrogens is 288 g/mol.